The number of methoxy groups -OCH3 is 3. The standard InChI is InChI=1S/C25H28N2O4S/c1-29-20-14-19(15-21(30-2)23(20)31-3)16-22-24(28)26-25(32-22)27-11-9-18(10-12-27)13-17-7-5-4-6-8-17/h4-8,14-16,18H,9-13H2,1-3H3. The quantitative estimate of drug-likeness (QED) is 0.595. The van der Waals surface area contributed by atoms with Gasteiger partial charge < -0.3 is 19.1 Å². The van der Waals surface area contributed by atoms with E-state index < -0.39 is 0 Å². The Morgan fingerprint density at radius 1 is 1.03 bits per heavy atom. The van der Waals surface area contributed by atoms with Crippen molar-refractivity contribution in [3.63, 3.8) is 0 Å². The van der Waals surface area contributed by atoms with E-state index in [0.717, 1.165) is 43.1 Å². The zero-order valence-electron chi connectivity index (χ0n) is 18.7. The molecule has 0 aromatic heterocycles. The van der Waals surface area contributed by atoms with E-state index in [4.69, 9.17) is 14.2 Å². The van der Waals surface area contributed by atoms with Crippen LogP contribution in [0.2, 0.25) is 0 Å². The maximum atomic E-state index is 12.6. The number of carbonyl (C=O) groups is 1. The first kappa shape index (κ1) is 22.3. The van der Waals surface area contributed by atoms with Crippen LogP contribution in [-0.4, -0.2) is 50.4 Å². The van der Waals surface area contributed by atoms with Gasteiger partial charge in [0.25, 0.3) is 5.91 Å². The van der Waals surface area contributed by atoms with E-state index >= 15 is 0 Å². The van der Waals surface area contributed by atoms with Gasteiger partial charge in [-0.1, -0.05) is 30.3 Å². The third-order valence-electron chi connectivity index (χ3n) is 5.85. The van der Waals surface area contributed by atoms with Crippen molar-refractivity contribution in [2.75, 3.05) is 34.4 Å². The van der Waals surface area contributed by atoms with Crippen molar-refractivity contribution in [3.05, 3.63) is 58.5 Å². The summed E-state index contributed by atoms with van der Waals surface area (Å²) in [5.74, 6) is 2.10. The van der Waals surface area contributed by atoms with Gasteiger partial charge in [0, 0.05) is 13.1 Å². The first-order valence-corrected chi connectivity index (χ1v) is 11.5. The Balaban J connectivity index is 1.41. The molecule has 2 aliphatic heterocycles. The van der Waals surface area contributed by atoms with Crippen LogP contribution in [0.4, 0.5) is 0 Å². The lowest BCUT2D eigenvalue weighted by atomic mass is 9.90. The van der Waals surface area contributed by atoms with Gasteiger partial charge in [-0.15, -0.1) is 0 Å². The number of likely N-dealkylation sites (tertiary alicyclic amines) is 1. The highest BCUT2D eigenvalue weighted by molar-refractivity contribution is 8.18. The molecule has 0 unspecified atom stereocenters. The third-order valence-corrected chi connectivity index (χ3v) is 6.89. The minimum absolute atomic E-state index is 0.204. The molecular weight excluding hydrogens is 424 g/mol. The van der Waals surface area contributed by atoms with Crippen LogP contribution in [0.5, 0.6) is 17.2 Å². The van der Waals surface area contributed by atoms with Crippen LogP contribution in [0.15, 0.2) is 52.4 Å². The maximum Gasteiger partial charge on any atom is 0.286 e. The van der Waals surface area contributed by atoms with Crippen LogP contribution >= 0.6 is 11.8 Å². The van der Waals surface area contributed by atoms with Crippen LogP contribution < -0.4 is 14.2 Å². The molecule has 0 atom stereocenters. The predicted molar refractivity (Wildman–Crippen MR) is 129 cm³/mol. The number of thioether (sulfide) groups is 1. The smallest absolute Gasteiger partial charge is 0.286 e. The summed E-state index contributed by atoms with van der Waals surface area (Å²) in [6, 6.07) is 14.3. The number of amides is 1. The van der Waals surface area contributed by atoms with E-state index in [1.54, 1.807) is 21.3 Å². The highest BCUT2D eigenvalue weighted by atomic mass is 32.2. The number of hydrogen-bond acceptors (Lipinski definition) is 6. The normalized spacial score (nSPS) is 18.1. The van der Waals surface area contributed by atoms with E-state index in [0.29, 0.717) is 28.1 Å². The molecule has 6 nitrogen and oxygen atoms in total. The summed E-state index contributed by atoms with van der Waals surface area (Å²) in [5.41, 5.74) is 2.19. The van der Waals surface area contributed by atoms with E-state index in [2.05, 4.69) is 40.2 Å². The molecule has 0 N–H and O–H groups in total. The monoisotopic (exact) mass is 452 g/mol. The molecule has 2 aromatic carbocycles. The summed E-state index contributed by atoms with van der Waals surface area (Å²) in [4.78, 5) is 19.7. The molecule has 1 fully saturated rings. The van der Waals surface area contributed by atoms with Crippen molar-refractivity contribution in [2.45, 2.75) is 19.3 Å². The van der Waals surface area contributed by atoms with Crippen molar-refractivity contribution in [2.24, 2.45) is 10.9 Å². The Labute approximate surface area is 193 Å². The largest absolute Gasteiger partial charge is 0.493 e. The molecule has 2 aliphatic rings. The van der Waals surface area contributed by atoms with E-state index in [-0.39, 0.29) is 5.91 Å². The SMILES string of the molecule is COc1cc(C=C2SC(N3CCC(Cc4ccccc4)CC3)=NC2=O)cc(OC)c1OC. The van der Waals surface area contributed by atoms with Crippen molar-refractivity contribution < 1.29 is 19.0 Å². The molecule has 7 heteroatoms. The molecular formula is C25H28N2O4S. The number of benzene rings is 2. The number of aliphatic imine (C=N–C) groups is 1. The second-order valence-electron chi connectivity index (χ2n) is 7.89. The highest BCUT2D eigenvalue weighted by Gasteiger charge is 2.29. The summed E-state index contributed by atoms with van der Waals surface area (Å²) in [6.07, 6.45) is 5.15. The third kappa shape index (κ3) is 4.93. The molecule has 0 bridgehead atoms. The van der Waals surface area contributed by atoms with Crippen LogP contribution in [-0.2, 0) is 11.2 Å². The Hall–Kier alpha value is -2.93. The minimum atomic E-state index is -0.204. The Morgan fingerprint density at radius 2 is 1.69 bits per heavy atom. The van der Waals surface area contributed by atoms with Crippen molar-refractivity contribution >= 4 is 28.9 Å². The minimum Gasteiger partial charge on any atom is -0.493 e. The fraction of sp³-hybridized carbons (Fsp3) is 0.360. The average Bonchev–Trinajstić information content (AvgIpc) is 3.19. The van der Waals surface area contributed by atoms with Gasteiger partial charge in [-0.2, -0.15) is 4.99 Å². The molecule has 0 spiro atoms. The van der Waals surface area contributed by atoms with Gasteiger partial charge in [0.05, 0.1) is 26.2 Å². The molecule has 4 rings (SSSR count). The van der Waals surface area contributed by atoms with Crippen molar-refractivity contribution in [3.8, 4) is 17.2 Å². The summed E-state index contributed by atoms with van der Waals surface area (Å²) in [6.45, 7) is 1.85. The van der Waals surface area contributed by atoms with Crippen LogP contribution in [0.3, 0.4) is 0 Å². The molecule has 1 amide bonds. The molecule has 168 valence electrons. The Bertz CT molecular complexity index is 1000. The summed E-state index contributed by atoms with van der Waals surface area (Å²) in [7, 11) is 4.72. The number of hydrogen-bond donors (Lipinski definition) is 0. The molecule has 2 aromatic rings. The number of nitrogens with zero attached hydrogens (tertiary/aromatic N) is 2. The summed E-state index contributed by atoms with van der Waals surface area (Å²) >= 11 is 1.44. The van der Waals surface area contributed by atoms with Crippen molar-refractivity contribution in [1.29, 1.82) is 0 Å². The second-order valence-corrected chi connectivity index (χ2v) is 8.90. The lowest BCUT2D eigenvalue weighted by Gasteiger charge is -2.32. The zero-order valence-corrected chi connectivity index (χ0v) is 19.5. The maximum absolute atomic E-state index is 12.6. The number of carbonyl (C=O) groups excluding carboxylic acids is 1. The van der Waals surface area contributed by atoms with Gasteiger partial charge in [0.15, 0.2) is 16.7 Å². The van der Waals surface area contributed by atoms with E-state index in [9.17, 15) is 4.79 Å². The summed E-state index contributed by atoms with van der Waals surface area (Å²) < 4.78 is 16.2. The van der Waals surface area contributed by atoms with E-state index in [1.165, 1.54) is 17.3 Å². The first-order valence-electron chi connectivity index (χ1n) is 10.7. The highest BCUT2D eigenvalue weighted by Crippen LogP contribution is 2.40. The molecule has 0 aliphatic carbocycles. The van der Waals surface area contributed by atoms with Gasteiger partial charge in [0.2, 0.25) is 5.75 Å². The molecule has 0 radical (unpaired) electrons. The van der Waals surface area contributed by atoms with Gasteiger partial charge in [-0.3, -0.25) is 4.79 Å². The predicted octanol–water partition coefficient (Wildman–Crippen LogP) is 4.64. The molecule has 2 heterocycles. The number of ether oxygens (including phenoxy) is 3. The van der Waals surface area contributed by atoms with Gasteiger partial charge in [-0.05, 0) is 66.3 Å². The van der Waals surface area contributed by atoms with Crippen molar-refractivity contribution in [1.82, 2.24) is 4.90 Å². The Kier molecular flexibility index (Phi) is 7.05. The van der Waals surface area contributed by atoms with Crippen LogP contribution in [0.25, 0.3) is 6.08 Å². The van der Waals surface area contributed by atoms with E-state index in [1.807, 2.05) is 18.2 Å². The number of rotatable bonds is 6. The van der Waals surface area contributed by atoms with Gasteiger partial charge in [0.1, 0.15) is 0 Å². The van der Waals surface area contributed by atoms with Gasteiger partial charge >= 0.3 is 0 Å². The first-order chi connectivity index (χ1) is 15.6. The lowest BCUT2D eigenvalue weighted by molar-refractivity contribution is -0.113. The topological polar surface area (TPSA) is 60.4 Å². The fourth-order valence-electron chi connectivity index (χ4n) is 4.15. The average molecular weight is 453 g/mol. The molecule has 0 saturated carbocycles. The van der Waals surface area contributed by atoms with Crippen LogP contribution in [0.1, 0.15) is 24.0 Å². The molecule has 32 heavy (non-hydrogen) atoms. The fourth-order valence-corrected chi connectivity index (χ4v) is 5.11. The number of amidine groups is 1. The lowest BCUT2D eigenvalue weighted by Crippen LogP contribution is -2.37. The number of piperidine rings is 1. The Morgan fingerprint density at radius 3 is 2.28 bits per heavy atom. The van der Waals surface area contributed by atoms with Gasteiger partial charge in [-0.25, -0.2) is 0 Å². The second kappa shape index (κ2) is 10.1. The van der Waals surface area contributed by atoms with Crippen LogP contribution in [0, 0.1) is 5.92 Å². The molecule has 1 saturated heterocycles. The summed E-state index contributed by atoms with van der Waals surface area (Å²) in [5, 5.41) is 0.798. The zero-order chi connectivity index (χ0) is 22.5.